The predicted octanol–water partition coefficient (Wildman–Crippen LogP) is 6.63. The molecule has 0 heterocycles. The Bertz CT molecular complexity index is 1250. The number of benzene rings is 3. The molecule has 34 heavy (non-hydrogen) atoms. The molecule has 0 aliphatic heterocycles. The minimum Gasteiger partial charge on any atom is -0.326 e. The Morgan fingerprint density at radius 2 is 1.68 bits per heavy atom. The second-order valence-corrected chi connectivity index (χ2v) is 10.1. The summed E-state index contributed by atoms with van der Waals surface area (Å²) < 4.78 is 19.9. The number of hydrogen-bond donors (Lipinski definition) is 2. The minimum atomic E-state index is -1.91. The van der Waals surface area contributed by atoms with Gasteiger partial charge in [-0.3, -0.25) is 4.79 Å². The fourth-order valence-electron chi connectivity index (χ4n) is 3.66. The van der Waals surface area contributed by atoms with E-state index in [0.29, 0.717) is 32.8 Å². The standard InChI is InChI=1S/C26H24Cl2N2O3S/c1-16(2)9-19-7-8-20(11-21(19)14-29)26-23(27)12-22(13-24(26)28)30-25(31)10-17-3-5-18(6-4-17)15-34(32)33/h3-8,11-13,16H,9-10,15H2,1-2H3,(H,30,31)(H,32,33). The zero-order valence-electron chi connectivity index (χ0n) is 18.8. The molecule has 0 aliphatic rings. The van der Waals surface area contributed by atoms with Crippen LogP contribution in [0.2, 0.25) is 10.0 Å². The van der Waals surface area contributed by atoms with E-state index in [2.05, 4.69) is 25.2 Å². The van der Waals surface area contributed by atoms with Crippen LogP contribution < -0.4 is 5.32 Å². The monoisotopic (exact) mass is 514 g/mol. The lowest BCUT2D eigenvalue weighted by Gasteiger charge is -2.14. The third kappa shape index (κ3) is 6.91. The van der Waals surface area contributed by atoms with Crippen LogP contribution in [0.25, 0.3) is 11.1 Å². The highest BCUT2D eigenvalue weighted by Gasteiger charge is 2.15. The molecule has 0 bridgehead atoms. The highest BCUT2D eigenvalue weighted by atomic mass is 35.5. The van der Waals surface area contributed by atoms with E-state index in [9.17, 15) is 14.3 Å². The maximum Gasteiger partial charge on any atom is 0.228 e. The number of nitrogens with zero attached hydrogens (tertiary/aromatic N) is 1. The molecule has 3 rings (SSSR count). The molecule has 0 aliphatic carbocycles. The molecule has 0 saturated carbocycles. The summed E-state index contributed by atoms with van der Waals surface area (Å²) in [4.78, 5) is 12.5. The second-order valence-electron chi connectivity index (χ2n) is 8.40. The molecule has 1 atom stereocenters. The van der Waals surface area contributed by atoms with Crippen LogP contribution in [-0.2, 0) is 34.5 Å². The van der Waals surface area contributed by atoms with Crippen molar-refractivity contribution in [3.05, 3.63) is 86.9 Å². The predicted molar refractivity (Wildman–Crippen MR) is 138 cm³/mol. The Hall–Kier alpha value is -2.69. The summed E-state index contributed by atoms with van der Waals surface area (Å²) in [6.07, 6.45) is 0.932. The summed E-state index contributed by atoms with van der Waals surface area (Å²) in [6.45, 7) is 4.21. The lowest BCUT2D eigenvalue weighted by molar-refractivity contribution is -0.115. The number of hydrogen-bond acceptors (Lipinski definition) is 3. The lowest BCUT2D eigenvalue weighted by atomic mass is 9.94. The van der Waals surface area contributed by atoms with E-state index in [-0.39, 0.29) is 18.1 Å². The first-order valence-corrected chi connectivity index (χ1v) is 12.7. The molecule has 5 nitrogen and oxygen atoms in total. The van der Waals surface area contributed by atoms with Gasteiger partial charge in [0.05, 0.1) is 33.9 Å². The fourth-order valence-corrected chi connectivity index (χ4v) is 4.84. The van der Waals surface area contributed by atoms with Gasteiger partial charge in [-0.15, -0.1) is 0 Å². The number of carbonyl (C=O) groups is 1. The molecule has 0 fully saturated rings. The molecular weight excluding hydrogens is 491 g/mol. The summed E-state index contributed by atoms with van der Waals surface area (Å²) in [5.41, 5.74) is 4.86. The first kappa shape index (κ1) is 25.9. The highest BCUT2D eigenvalue weighted by Crippen LogP contribution is 2.38. The zero-order chi connectivity index (χ0) is 24.8. The summed E-state index contributed by atoms with van der Waals surface area (Å²) >= 11 is 11.1. The largest absolute Gasteiger partial charge is 0.326 e. The van der Waals surface area contributed by atoms with Gasteiger partial charge in [0.2, 0.25) is 5.91 Å². The van der Waals surface area contributed by atoms with Crippen LogP contribution in [0.15, 0.2) is 54.6 Å². The average molecular weight is 515 g/mol. The van der Waals surface area contributed by atoms with Crippen molar-refractivity contribution in [2.75, 3.05) is 5.32 Å². The van der Waals surface area contributed by atoms with Gasteiger partial charge in [-0.1, -0.05) is 73.4 Å². The average Bonchev–Trinajstić information content (AvgIpc) is 2.74. The van der Waals surface area contributed by atoms with E-state index in [0.717, 1.165) is 28.7 Å². The first-order chi connectivity index (χ1) is 16.2. The smallest absolute Gasteiger partial charge is 0.228 e. The van der Waals surface area contributed by atoms with E-state index >= 15 is 0 Å². The van der Waals surface area contributed by atoms with Gasteiger partial charge in [-0.2, -0.15) is 5.26 Å². The summed E-state index contributed by atoms with van der Waals surface area (Å²) in [6, 6.07) is 18.1. The van der Waals surface area contributed by atoms with E-state index in [1.807, 2.05) is 12.1 Å². The van der Waals surface area contributed by atoms with Gasteiger partial charge in [0.15, 0.2) is 11.1 Å². The van der Waals surface area contributed by atoms with Crippen molar-refractivity contribution in [3.8, 4) is 17.2 Å². The van der Waals surface area contributed by atoms with Crippen LogP contribution in [-0.4, -0.2) is 14.7 Å². The van der Waals surface area contributed by atoms with Crippen molar-refractivity contribution >= 4 is 45.9 Å². The van der Waals surface area contributed by atoms with Crippen molar-refractivity contribution in [2.24, 2.45) is 5.92 Å². The van der Waals surface area contributed by atoms with Crippen molar-refractivity contribution in [1.29, 1.82) is 5.26 Å². The summed E-state index contributed by atoms with van der Waals surface area (Å²) in [5.74, 6) is 0.228. The number of nitrogens with one attached hydrogen (secondary N) is 1. The van der Waals surface area contributed by atoms with Gasteiger partial charge < -0.3 is 9.87 Å². The minimum absolute atomic E-state index is 0.0478. The molecule has 3 aromatic rings. The van der Waals surface area contributed by atoms with Gasteiger partial charge in [0.25, 0.3) is 0 Å². The molecule has 0 saturated heterocycles. The summed E-state index contributed by atoms with van der Waals surface area (Å²) in [7, 11) is 0. The molecular formula is C26H24Cl2N2O3S. The zero-order valence-corrected chi connectivity index (χ0v) is 21.1. The molecule has 3 aromatic carbocycles. The van der Waals surface area contributed by atoms with Gasteiger partial charge in [-0.25, -0.2) is 4.21 Å². The molecule has 0 aromatic heterocycles. The topological polar surface area (TPSA) is 90.2 Å². The number of amides is 1. The van der Waals surface area contributed by atoms with Crippen LogP contribution in [0.1, 0.15) is 36.1 Å². The lowest BCUT2D eigenvalue weighted by Crippen LogP contribution is -2.14. The molecule has 2 N–H and O–H groups in total. The molecule has 1 amide bonds. The second kappa shape index (κ2) is 11.6. The quantitative estimate of drug-likeness (QED) is 0.330. The Morgan fingerprint density at radius 1 is 1.06 bits per heavy atom. The number of anilines is 1. The van der Waals surface area contributed by atoms with E-state index in [1.54, 1.807) is 42.5 Å². The van der Waals surface area contributed by atoms with Crippen LogP contribution in [0.5, 0.6) is 0 Å². The van der Waals surface area contributed by atoms with Crippen LogP contribution >= 0.6 is 23.2 Å². The normalized spacial score (nSPS) is 11.8. The van der Waals surface area contributed by atoms with Crippen LogP contribution in [0.3, 0.4) is 0 Å². The number of nitriles is 1. The van der Waals surface area contributed by atoms with E-state index < -0.39 is 11.1 Å². The molecule has 0 radical (unpaired) electrons. The SMILES string of the molecule is CC(C)Cc1ccc(-c2c(Cl)cc(NC(=O)Cc3ccc(CS(=O)O)cc3)cc2Cl)cc1C#N. The Balaban J connectivity index is 1.76. The van der Waals surface area contributed by atoms with Crippen LogP contribution in [0, 0.1) is 17.2 Å². The number of rotatable bonds is 8. The first-order valence-electron chi connectivity index (χ1n) is 10.6. The maximum atomic E-state index is 12.5. The van der Waals surface area contributed by atoms with Crippen molar-refractivity contribution in [3.63, 3.8) is 0 Å². The summed E-state index contributed by atoms with van der Waals surface area (Å²) in [5, 5.41) is 13.1. The highest BCUT2D eigenvalue weighted by molar-refractivity contribution is 7.78. The molecule has 176 valence electrons. The molecule has 1 unspecified atom stereocenters. The molecule has 8 heteroatoms. The van der Waals surface area contributed by atoms with Gasteiger partial charge in [0, 0.05) is 11.3 Å². The van der Waals surface area contributed by atoms with Gasteiger partial charge in [0.1, 0.15) is 0 Å². The molecule has 0 spiro atoms. The van der Waals surface area contributed by atoms with Crippen molar-refractivity contribution in [1.82, 2.24) is 0 Å². The van der Waals surface area contributed by atoms with Crippen LogP contribution in [0.4, 0.5) is 5.69 Å². The van der Waals surface area contributed by atoms with Crippen molar-refractivity contribution < 1.29 is 13.6 Å². The Morgan fingerprint density at radius 3 is 2.24 bits per heavy atom. The number of halogens is 2. The maximum absolute atomic E-state index is 12.5. The Labute approximate surface area is 212 Å². The van der Waals surface area contributed by atoms with Gasteiger partial charge >= 0.3 is 0 Å². The third-order valence-electron chi connectivity index (χ3n) is 5.15. The Kier molecular flexibility index (Phi) is 8.87. The van der Waals surface area contributed by atoms with E-state index in [4.69, 9.17) is 27.8 Å². The number of carbonyl (C=O) groups excluding carboxylic acids is 1. The third-order valence-corrected chi connectivity index (χ3v) is 6.33. The van der Waals surface area contributed by atoms with Crippen molar-refractivity contribution in [2.45, 2.75) is 32.4 Å². The van der Waals surface area contributed by atoms with E-state index in [1.165, 1.54) is 0 Å². The fraction of sp³-hybridized carbons (Fsp3) is 0.231. The van der Waals surface area contributed by atoms with Gasteiger partial charge in [-0.05, 0) is 52.8 Å².